The molecule has 106 valence electrons. The molecule has 1 aliphatic carbocycles. The lowest BCUT2D eigenvalue weighted by atomic mass is 9.94. The molecule has 1 saturated carbocycles. The molecule has 0 saturated heterocycles. The zero-order valence-corrected chi connectivity index (χ0v) is 13.7. The van der Waals surface area contributed by atoms with Crippen LogP contribution < -0.4 is 5.32 Å². The summed E-state index contributed by atoms with van der Waals surface area (Å²) < 4.78 is 1.24. The van der Waals surface area contributed by atoms with Gasteiger partial charge in [-0.15, -0.1) is 0 Å². The van der Waals surface area contributed by atoms with Crippen LogP contribution in [0.5, 0.6) is 0 Å². The molecule has 0 aliphatic heterocycles. The maximum absolute atomic E-state index is 3.72. The highest BCUT2D eigenvalue weighted by Gasteiger charge is 2.18. The number of nitrogens with zero attached hydrogens (tertiary/aromatic N) is 1. The number of benzene rings is 1. The summed E-state index contributed by atoms with van der Waals surface area (Å²) in [6.45, 7) is 1.97. The average molecular weight is 325 g/mol. The molecule has 0 aromatic heterocycles. The molecule has 1 aromatic rings. The van der Waals surface area contributed by atoms with Gasteiger partial charge in [-0.1, -0.05) is 47.3 Å². The topological polar surface area (TPSA) is 15.3 Å². The Labute approximate surface area is 125 Å². The second-order valence-corrected chi connectivity index (χ2v) is 6.52. The second-order valence-electron chi connectivity index (χ2n) is 5.66. The lowest BCUT2D eigenvalue weighted by Gasteiger charge is -2.31. The van der Waals surface area contributed by atoms with Crippen molar-refractivity contribution in [2.75, 3.05) is 14.1 Å². The van der Waals surface area contributed by atoms with Gasteiger partial charge in [0, 0.05) is 23.6 Å². The van der Waals surface area contributed by atoms with E-state index in [-0.39, 0.29) is 0 Å². The van der Waals surface area contributed by atoms with E-state index >= 15 is 0 Å². The van der Waals surface area contributed by atoms with Gasteiger partial charge in [-0.3, -0.25) is 4.90 Å². The molecule has 3 heteroatoms. The fourth-order valence-corrected chi connectivity index (χ4v) is 3.50. The van der Waals surface area contributed by atoms with Crippen LogP contribution in [0.1, 0.15) is 43.2 Å². The molecule has 0 spiro atoms. The Hall–Kier alpha value is -0.380. The highest BCUT2D eigenvalue weighted by molar-refractivity contribution is 9.10. The Bertz CT molecular complexity index is 400. The minimum atomic E-state index is 0.776. The van der Waals surface area contributed by atoms with Crippen LogP contribution in [0.15, 0.2) is 22.7 Å². The summed E-state index contributed by atoms with van der Waals surface area (Å²) in [5.74, 6) is 0. The number of halogens is 1. The van der Waals surface area contributed by atoms with Gasteiger partial charge < -0.3 is 5.32 Å². The first-order valence-electron chi connectivity index (χ1n) is 7.33. The lowest BCUT2D eigenvalue weighted by molar-refractivity contribution is 0.184. The van der Waals surface area contributed by atoms with E-state index < -0.39 is 0 Å². The summed E-state index contributed by atoms with van der Waals surface area (Å²) in [6, 6.07) is 7.50. The van der Waals surface area contributed by atoms with Crippen LogP contribution in [-0.4, -0.2) is 25.0 Å². The van der Waals surface area contributed by atoms with Gasteiger partial charge >= 0.3 is 0 Å². The molecule has 0 radical (unpaired) electrons. The van der Waals surface area contributed by atoms with Crippen LogP contribution in [0.4, 0.5) is 0 Å². The van der Waals surface area contributed by atoms with Crippen molar-refractivity contribution in [3.05, 3.63) is 33.8 Å². The minimum Gasteiger partial charge on any atom is -0.316 e. The number of hydrogen-bond acceptors (Lipinski definition) is 2. The van der Waals surface area contributed by atoms with Crippen molar-refractivity contribution >= 4 is 15.9 Å². The second kappa shape index (κ2) is 7.41. The summed E-state index contributed by atoms with van der Waals surface area (Å²) in [5, 5.41) is 3.19. The van der Waals surface area contributed by atoms with Crippen molar-refractivity contribution < 1.29 is 0 Å². The Morgan fingerprint density at radius 3 is 2.63 bits per heavy atom. The molecule has 0 bridgehead atoms. The van der Waals surface area contributed by atoms with Gasteiger partial charge in [0.05, 0.1) is 0 Å². The van der Waals surface area contributed by atoms with E-state index in [2.05, 4.69) is 51.4 Å². The SMILES string of the molecule is CNCc1ccc(CN(C)C2CCCCC2)c(Br)c1. The predicted octanol–water partition coefficient (Wildman–Crippen LogP) is 3.93. The molecule has 0 amide bonds. The molecule has 1 aromatic carbocycles. The number of nitrogens with one attached hydrogen (secondary N) is 1. The number of hydrogen-bond donors (Lipinski definition) is 1. The smallest absolute Gasteiger partial charge is 0.0244 e. The molecule has 19 heavy (non-hydrogen) atoms. The summed E-state index contributed by atoms with van der Waals surface area (Å²) in [4.78, 5) is 2.52. The first-order chi connectivity index (χ1) is 9.20. The minimum absolute atomic E-state index is 0.776. The van der Waals surface area contributed by atoms with Gasteiger partial charge in [0.2, 0.25) is 0 Å². The molecule has 2 nitrogen and oxygen atoms in total. The third kappa shape index (κ3) is 4.30. The third-order valence-corrected chi connectivity index (χ3v) is 4.85. The van der Waals surface area contributed by atoms with Crippen LogP contribution in [0.2, 0.25) is 0 Å². The van der Waals surface area contributed by atoms with Crippen molar-refractivity contribution in [1.82, 2.24) is 10.2 Å². The molecule has 2 rings (SSSR count). The number of rotatable bonds is 5. The van der Waals surface area contributed by atoms with Gasteiger partial charge in [-0.05, 0) is 44.1 Å². The van der Waals surface area contributed by atoms with E-state index in [9.17, 15) is 0 Å². The summed E-state index contributed by atoms with van der Waals surface area (Å²) >= 11 is 3.72. The summed E-state index contributed by atoms with van der Waals surface area (Å²) in [5.41, 5.74) is 2.73. The Morgan fingerprint density at radius 1 is 1.26 bits per heavy atom. The highest BCUT2D eigenvalue weighted by atomic mass is 79.9. The van der Waals surface area contributed by atoms with Crippen molar-refractivity contribution in [2.45, 2.75) is 51.2 Å². The molecule has 0 unspecified atom stereocenters. The van der Waals surface area contributed by atoms with Gasteiger partial charge in [-0.25, -0.2) is 0 Å². The maximum Gasteiger partial charge on any atom is 0.0244 e. The van der Waals surface area contributed by atoms with Crippen molar-refractivity contribution in [1.29, 1.82) is 0 Å². The molecule has 0 heterocycles. The van der Waals surface area contributed by atoms with Crippen molar-refractivity contribution in [2.24, 2.45) is 0 Å². The molecule has 0 atom stereocenters. The van der Waals surface area contributed by atoms with E-state index in [1.165, 1.54) is 47.7 Å². The van der Waals surface area contributed by atoms with E-state index in [0.717, 1.165) is 19.1 Å². The van der Waals surface area contributed by atoms with Crippen LogP contribution in [0, 0.1) is 0 Å². The van der Waals surface area contributed by atoms with E-state index in [1.54, 1.807) is 0 Å². The Morgan fingerprint density at radius 2 is 2.00 bits per heavy atom. The predicted molar refractivity (Wildman–Crippen MR) is 85.2 cm³/mol. The lowest BCUT2D eigenvalue weighted by Crippen LogP contribution is -2.32. The van der Waals surface area contributed by atoms with Crippen molar-refractivity contribution in [3.63, 3.8) is 0 Å². The Balaban J connectivity index is 1.97. The van der Waals surface area contributed by atoms with Gasteiger partial charge in [0.15, 0.2) is 0 Å². The van der Waals surface area contributed by atoms with Crippen LogP contribution in [0.3, 0.4) is 0 Å². The van der Waals surface area contributed by atoms with Crippen LogP contribution in [0.25, 0.3) is 0 Å². The van der Waals surface area contributed by atoms with E-state index in [4.69, 9.17) is 0 Å². The Kier molecular flexibility index (Phi) is 5.86. The highest BCUT2D eigenvalue weighted by Crippen LogP contribution is 2.25. The zero-order chi connectivity index (χ0) is 13.7. The van der Waals surface area contributed by atoms with Gasteiger partial charge in [0.25, 0.3) is 0 Å². The average Bonchev–Trinajstić information content (AvgIpc) is 2.43. The molecule has 1 fully saturated rings. The quantitative estimate of drug-likeness (QED) is 0.882. The third-order valence-electron chi connectivity index (χ3n) is 4.12. The molecular weight excluding hydrogens is 300 g/mol. The summed E-state index contributed by atoms with van der Waals surface area (Å²) in [6.07, 6.45) is 6.96. The van der Waals surface area contributed by atoms with E-state index in [0.29, 0.717) is 0 Å². The molecule has 1 aliphatic rings. The largest absolute Gasteiger partial charge is 0.316 e. The molecular formula is C16H25BrN2. The summed E-state index contributed by atoms with van der Waals surface area (Å²) in [7, 11) is 4.25. The fourth-order valence-electron chi connectivity index (χ4n) is 2.95. The molecule has 1 N–H and O–H groups in total. The fraction of sp³-hybridized carbons (Fsp3) is 0.625. The van der Waals surface area contributed by atoms with Crippen LogP contribution in [-0.2, 0) is 13.1 Å². The van der Waals surface area contributed by atoms with Gasteiger partial charge in [0.1, 0.15) is 0 Å². The standard InChI is InChI=1S/C16H25BrN2/c1-18-11-13-8-9-14(16(17)10-13)12-19(2)15-6-4-3-5-7-15/h8-10,15,18H,3-7,11-12H2,1-2H3. The first kappa shape index (κ1) is 15.0. The zero-order valence-electron chi connectivity index (χ0n) is 12.1. The van der Waals surface area contributed by atoms with Crippen LogP contribution >= 0.6 is 15.9 Å². The van der Waals surface area contributed by atoms with Crippen molar-refractivity contribution in [3.8, 4) is 0 Å². The normalized spacial score (nSPS) is 17.1. The first-order valence-corrected chi connectivity index (χ1v) is 8.12. The van der Waals surface area contributed by atoms with Gasteiger partial charge in [-0.2, -0.15) is 0 Å². The monoisotopic (exact) mass is 324 g/mol. The maximum atomic E-state index is 3.72. The van der Waals surface area contributed by atoms with E-state index in [1.807, 2.05) is 7.05 Å².